The lowest BCUT2D eigenvalue weighted by Crippen LogP contribution is -2.50. The smallest absolute Gasteiger partial charge is 0.287 e. The van der Waals surface area contributed by atoms with E-state index in [-0.39, 0.29) is 23.3 Å². The lowest BCUT2D eigenvalue weighted by Gasteiger charge is -2.34. The third-order valence-electron chi connectivity index (χ3n) is 4.54. The number of sulfone groups is 1. The van der Waals surface area contributed by atoms with Crippen molar-refractivity contribution in [2.24, 2.45) is 0 Å². The third kappa shape index (κ3) is 5.20. The Hall–Kier alpha value is -2.65. The van der Waals surface area contributed by atoms with Crippen LogP contribution in [0.5, 0.6) is 0 Å². The zero-order valence-electron chi connectivity index (χ0n) is 15.6. The molecule has 150 valence electrons. The third-order valence-corrected chi connectivity index (χ3v) is 5.50. The number of hydrogen-bond acceptors (Lipinski definition) is 6. The molecule has 28 heavy (non-hydrogen) atoms. The van der Waals surface area contributed by atoms with Gasteiger partial charge in [-0.25, -0.2) is 8.42 Å². The van der Waals surface area contributed by atoms with Gasteiger partial charge < -0.3 is 14.6 Å². The normalized spacial score (nSPS) is 15.4. The van der Waals surface area contributed by atoms with Crippen molar-refractivity contribution in [2.45, 2.75) is 11.6 Å². The topological polar surface area (TPSA) is 99.9 Å². The van der Waals surface area contributed by atoms with Gasteiger partial charge in [-0.1, -0.05) is 30.3 Å². The first kappa shape index (κ1) is 20.1. The number of carbonyl (C=O) groups excluding carboxylic acids is 2. The molecule has 8 nitrogen and oxygen atoms in total. The molecule has 1 fully saturated rings. The fourth-order valence-electron chi connectivity index (χ4n) is 2.99. The zero-order chi connectivity index (χ0) is 20.1. The fourth-order valence-corrected chi connectivity index (χ4v) is 3.55. The Morgan fingerprint density at radius 1 is 1.04 bits per heavy atom. The van der Waals surface area contributed by atoms with E-state index in [0.717, 1.165) is 25.9 Å². The number of furan rings is 1. The van der Waals surface area contributed by atoms with Crippen molar-refractivity contribution >= 4 is 21.7 Å². The summed E-state index contributed by atoms with van der Waals surface area (Å²) in [4.78, 5) is 28.4. The number of rotatable bonds is 6. The van der Waals surface area contributed by atoms with E-state index >= 15 is 0 Å². The van der Waals surface area contributed by atoms with E-state index in [0.29, 0.717) is 13.1 Å². The Balaban J connectivity index is 1.44. The van der Waals surface area contributed by atoms with Gasteiger partial charge in [-0.3, -0.25) is 14.5 Å². The number of piperazine rings is 1. The number of hydrogen-bond donors (Lipinski definition) is 1. The predicted molar refractivity (Wildman–Crippen MR) is 102 cm³/mol. The summed E-state index contributed by atoms with van der Waals surface area (Å²) in [5.41, 5.74) is 1.24. The average Bonchev–Trinajstić information content (AvgIpc) is 3.18. The maximum absolute atomic E-state index is 12.3. The van der Waals surface area contributed by atoms with Gasteiger partial charge in [0.25, 0.3) is 5.91 Å². The molecule has 1 aliphatic heterocycles. The van der Waals surface area contributed by atoms with E-state index in [9.17, 15) is 18.0 Å². The maximum atomic E-state index is 12.3. The SMILES string of the molecule is CS(=O)(=O)c1ccc(C(=O)NCC(=O)N2CCN(Cc3ccccc3)CC2)o1. The predicted octanol–water partition coefficient (Wildman–Crippen LogP) is 0.757. The van der Waals surface area contributed by atoms with E-state index in [1.807, 2.05) is 18.2 Å². The molecule has 0 unspecified atom stereocenters. The second-order valence-electron chi connectivity index (χ2n) is 6.72. The van der Waals surface area contributed by atoms with Crippen LogP contribution in [-0.4, -0.2) is 69.0 Å². The van der Waals surface area contributed by atoms with Crippen LogP contribution in [0, 0.1) is 0 Å². The van der Waals surface area contributed by atoms with Gasteiger partial charge >= 0.3 is 0 Å². The van der Waals surface area contributed by atoms with Crippen molar-refractivity contribution in [1.82, 2.24) is 15.1 Å². The highest BCUT2D eigenvalue weighted by atomic mass is 32.2. The lowest BCUT2D eigenvalue weighted by atomic mass is 10.2. The molecule has 1 aliphatic rings. The van der Waals surface area contributed by atoms with Gasteiger partial charge in [0.05, 0.1) is 6.54 Å². The van der Waals surface area contributed by atoms with Crippen molar-refractivity contribution in [3.05, 3.63) is 53.8 Å². The number of nitrogens with zero attached hydrogens (tertiary/aromatic N) is 2. The molecule has 0 radical (unpaired) electrons. The van der Waals surface area contributed by atoms with Crippen LogP contribution in [0.3, 0.4) is 0 Å². The quantitative estimate of drug-likeness (QED) is 0.762. The Kier molecular flexibility index (Phi) is 6.15. The molecule has 9 heteroatoms. The highest BCUT2D eigenvalue weighted by Crippen LogP contribution is 2.13. The van der Waals surface area contributed by atoms with Crippen LogP contribution in [0.25, 0.3) is 0 Å². The first-order chi connectivity index (χ1) is 13.3. The maximum Gasteiger partial charge on any atom is 0.287 e. The monoisotopic (exact) mass is 405 g/mol. The zero-order valence-corrected chi connectivity index (χ0v) is 16.4. The molecule has 1 saturated heterocycles. The Bertz CT molecular complexity index is 931. The molecule has 2 aromatic rings. The summed E-state index contributed by atoms with van der Waals surface area (Å²) in [5.74, 6) is -0.936. The first-order valence-electron chi connectivity index (χ1n) is 8.95. The van der Waals surface area contributed by atoms with Gasteiger partial charge in [0.1, 0.15) is 0 Å². The average molecular weight is 405 g/mol. The molecule has 2 heterocycles. The molecule has 0 aliphatic carbocycles. The number of nitrogens with one attached hydrogen (secondary N) is 1. The van der Waals surface area contributed by atoms with E-state index in [4.69, 9.17) is 4.42 Å². The van der Waals surface area contributed by atoms with Crippen LogP contribution < -0.4 is 5.32 Å². The molecule has 3 rings (SSSR count). The summed E-state index contributed by atoms with van der Waals surface area (Å²) in [5, 5.41) is 2.20. The molecule has 1 N–H and O–H groups in total. The van der Waals surface area contributed by atoms with E-state index in [2.05, 4.69) is 22.3 Å². The van der Waals surface area contributed by atoms with Crippen molar-refractivity contribution < 1.29 is 22.4 Å². The van der Waals surface area contributed by atoms with Crippen LogP contribution in [0.1, 0.15) is 16.1 Å². The molecule has 0 atom stereocenters. The van der Waals surface area contributed by atoms with Crippen LogP contribution in [-0.2, 0) is 21.2 Å². The fraction of sp³-hybridized carbons (Fsp3) is 0.368. The highest BCUT2D eigenvalue weighted by molar-refractivity contribution is 7.90. The van der Waals surface area contributed by atoms with Crippen LogP contribution in [0.2, 0.25) is 0 Å². The molecular weight excluding hydrogens is 382 g/mol. The van der Waals surface area contributed by atoms with Crippen LogP contribution in [0.4, 0.5) is 0 Å². The largest absolute Gasteiger partial charge is 0.440 e. The summed E-state index contributed by atoms with van der Waals surface area (Å²) >= 11 is 0. The Morgan fingerprint density at radius 3 is 2.32 bits per heavy atom. The molecule has 0 spiro atoms. The molecular formula is C19H23N3O5S. The van der Waals surface area contributed by atoms with Gasteiger partial charge in [-0.05, 0) is 17.7 Å². The molecule has 0 bridgehead atoms. The summed E-state index contributed by atoms with van der Waals surface area (Å²) in [7, 11) is -3.52. The van der Waals surface area contributed by atoms with Gasteiger partial charge in [0.2, 0.25) is 20.8 Å². The van der Waals surface area contributed by atoms with E-state index in [1.165, 1.54) is 17.7 Å². The minimum Gasteiger partial charge on any atom is -0.440 e. The van der Waals surface area contributed by atoms with Gasteiger partial charge in [-0.15, -0.1) is 0 Å². The molecule has 2 amide bonds. The van der Waals surface area contributed by atoms with Crippen molar-refractivity contribution in [3.8, 4) is 0 Å². The second-order valence-corrected chi connectivity index (χ2v) is 8.66. The van der Waals surface area contributed by atoms with E-state index in [1.54, 1.807) is 4.90 Å². The van der Waals surface area contributed by atoms with Crippen LogP contribution >= 0.6 is 0 Å². The summed E-state index contributed by atoms with van der Waals surface area (Å²) in [6.45, 7) is 3.42. The Morgan fingerprint density at radius 2 is 1.71 bits per heavy atom. The molecule has 1 aromatic carbocycles. The highest BCUT2D eigenvalue weighted by Gasteiger charge is 2.22. The van der Waals surface area contributed by atoms with Gasteiger partial charge in [0.15, 0.2) is 5.76 Å². The molecule has 0 saturated carbocycles. The van der Waals surface area contributed by atoms with Crippen LogP contribution in [0.15, 0.2) is 52.0 Å². The first-order valence-corrected chi connectivity index (χ1v) is 10.8. The summed E-state index contributed by atoms with van der Waals surface area (Å²) < 4.78 is 27.8. The minimum absolute atomic E-state index is 0.138. The van der Waals surface area contributed by atoms with Gasteiger partial charge in [-0.2, -0.15) is 0 Å². The summed E-state index contributed by atoms with van der Waals surface area (Å²) in [6.07, 6.45) is 0.995. The summed E-state index contributed by atoms with van der Waals surface area (Å²) in [6, 6.07) is 12.7. The standard InChI is InChI=1S/C19H23N3O5S/c1-28(25,26)18-8-7-16(27-18)19(24)20-13-17(23)22-11-9-21(10-12-22)14-15-5-3-2-4-6-15/h2-8H,9-14H2,1H3,(H,20,24). The van der Waals surface area contributed by atoms with Crippen molar-refractivity contribution in [1.29, 1.82) is 0 Å². The Labute approximate surface area is 164 Å². The minimum atomic E-state index is -3.52. The van der Waals surface area contributed by atoms with Crippen molar-refractivity contribution in [2.75, 3.05) is 39.0 Å². The number of benzene rings is 1. The number of amides is 2. The van der Waals surface area contributed by atoms with Crippen molar-refractivity contribution in [3.63, 3.8) is 0 Å². The van der Waals surface area contributed by atoms with E-state index < -0.39 is 15.7 Å². The number of carbonyl (C=O) groups is 2. The lowest BCUT2D eigenvalue weighted by molar-refractivity contribution is -0.131. The second kappa shape index (κ2) is 8.57. The molecule has 1 aromatic heterocycles. The van der Waals surface area contributed by atoms with Gasteiger partial charge in [0, 0.05) is 39.0 Å².